The van der Waals surface area contributed by atoms with Crippen LogP contribution in [0.4, 0.5) is 0 Å². The van der Waals surface area contributed by atoms with Gasteiger partial charge in [0, 0.05) is 37.4 Å². The summed E-state index contributed by atoms with van der Waals surface area (Å²) in [6.07, 6.45) is 0. The highest BCUT2D eigenvalue weighted by molar-refractivity contribution is 7.26. The van der Waals surface area contributed by atoms with Crippen LogP contribution >= 0.6 is 11.3 Å². The maximum absolute atomic E-state index is 9.48. The second-order valence-electron chi connectivity index (χ2n) is 11.2. The quantitative estimate of drug-likeness (QED) is 0.200. The number of para-hydroxylation sites is 1. The number of fused-ring (bicyclic) bond motifs is 7. The Balaban J connectivity index is 1.34. The lowest BCUT2D eigenvalue weighted by Gasteiger charge is -2.12. The lowest BCUT2D eigenvalue weighted by Crippen LogP contribution is -2.06. The molecule has 0 amide bonds. The van der Waals surface area contributed by atoms with Gasteiger partial charge < -0.3 is 0 Å². The van der Waals surface area contributed by atoms with Crippen molar-refractivity contribution in [2.75, 3.05) is 0 Å². The van der Waals surface area contributed by atoms with Gasteiger partial charge in [-0.3, -0.25) is 4.57 Å². The highest BCUT2D eigenvalue weighted by atomic mass is 32.1. The molecule has 0 aliphatic rings. The van der Waals surface area contributed by atoms with Gasteiger partial charge in [0.05, 0.1) is 27.4 Å². The topological polar surface area (TPSA) is 67.4 Å². The van der Waals surface area contributed by atoms with Crippen LogP contribution in [0.25, 0.3) is 81.8 Å². The number of hydrogen-bond donors (Lipinski definition) is 0. The standard InChI is InChI=1S/C40H23N5S/c41-24-25-10-8-13-27(22-25)28-14-9-15-29(23-28)39-42-38(26-11-2-1-3-12-26)43-40(44-39)45-34-18-6-4-16-30(34)32-20-21-33-31-17-5-7-19-35(31)46-37(33)36(32)45/h1-23H. The molecule has 0 radical (unpaired) electrons. The third kappa shape index (κ3) is 4.18. The van der Waals surface area contributed by atoms with Gasteiger partial charge in [0.15, 0.2) is 11.6 Å². The number of thiophene rings is 1. The van der Waals surface area contributed by atoms with Crippen LogP contribution in [0.3, 0.4) is 0 Å². The van der Waals surface area contributed by atoms with Crippen molar-refractivity contribution >= 4 is 53.3 Å². The SMILES string of the molecule is N#Cc1cccc(-c2cccc(-c3nc(-c4ccccc4)nc(-n4c5ccccc5c5ccc6c7ccccc7sc6c54)n3)c2)c1. The molecule has 6 heteroatoms. The summed E-state index contributed by atoms with van der Waals surface area (Å²) in [5.74, 6) is 1.75. The van der Waals surface area contributed by atoms with Crippen molar-refractivity contribution in [3.8, 4) is 45.9 Å². The molecule has 9 aromatic rings. The number of hydrogen-bond acceptors (Lipinski definition) is 5. The van der Waals surface area contributed by atoms with Gasteiger partial charge >= 0.3 is 0 Å². The zero-order valence-corrected chi connectivity index (χ0v) is 25.2. The largest absolute Gasteiger partial charge is 0.276 e. The summed E-state index contributed by atoms with van der Waals surface area (Å²) < 4.78 is 4.66. The van der Waals surface area contributed by atoms with Crippen molar-refractivity contribution in [1.29, 1.82) is 5.26 Å². The van der Waals surface area contributed by atoms with Crippen LogP contribution in [-0.4, -0.2) is 19.5 Å². The Morgan fingerprint density at radius 3 is 2.02 bits per heavy atom. The molecule has 0 aliphatic carbocycles. The van der Waals surface area contributed by atoms with Crippen LogP contribution in [0.5, 0.6) is 0 Å². The molecule has 46 heavy (non-hydrogen) atoms. The van der Waals surface area contributed by atoms with Gasteiger partial charge in [-0.25, -0.2) is 4.98 Å². The van der Waals surface area contributed by atoms with E-state index in [0.29, 0.717) is 23.2 Å². The van der Waals surface area contributed by atoms with Gasteiger partial charge in [-0.2, -0.15) is 15.2 Å². The van der Waals surface area contributed by atoms with E-state index in [1.807, 2.05) is 72.8 Å². The van der Waals surface area contributed by atoms with Crippen LogP contribution < -0.4 is 0 Å². The van der Waals surface area contributed by atoms with Crippen LogP contribution in [0.2, 0.25) is 0 Å². The summed E-state index contributed by atoms with van der Waals surface area (Å²) in [7, 11) is 0. The van der Waals surface area contributed by atoms with E-state index in [9.17, 15) is 5.26 Å². The predicted molar refractivity (Wildman–Crippen MR) is 188 cm³/mol. The van der Waals surface area contributed by atoms with E-state index in [2.05, 4.69) is 77.4 Å². The molecular formula is C40H23N5S. The highest BCUT2D eigenvalue weighted by Crippen LogP contribution is 2.42. The summed E-state index contributed by atoms with van der Waals surface area (Å²) >= 11 is 1.80. The van der Waals surface area contributed by atoms with Gasteiger partial charge in [0.2, 0.25) is 5.95 Å². The summed E-state index contributed by atoms with van der Waals surface area (Å²) in [6.45, 7) is 0. The molecule has 3 aromatic heterocycles. The highest BCUT2D eigenvalue weighted by Gasteiger charge is 2.21. The number of nitriles is 1. The lowest BCUT2D eigenvalue weighted by atomic mass is 10.0. The van der Waals surface area contributed by atoms with Crippen LogP contribution in [-0.2, 0) is 0 Å². The summed E-state index contributed by atoms with van der Waals surface area (Å²) in [5.41, 5.74) is 6.50. The fourth-order valence-electron chi connectivity index (χ4n) is 6.35. The Bertz CT molecular complexity index is 2660. The predicted octanol–water partition coefficient (Wildman–Crippen LogP) is 10.2. The van der Waals surface area contributed by atoms with E-state index in [-0.39, 0.29) is 0 Å². The maximum atomic E-state index is 9.48. The molecule has 5 nitrogen and oxygen atoms in total. The molecule has 0 unspecified atom stereocenters. The van der Waals surface area contributed by atoms with Gasteiger partial charge in [-0.1, -0.05) is 109 Å². The van der Waals surface area contributed by atoms with Gasteiger partial charge in [0.25, 0.3) is 0 Å². The summed E-state index contributed by atoms with van der Waals surface area (Å²) in [4.78, 5) is 15.4. The summed E-state index contributed by atoms with van der Waals surface area (Å²) in [6, 6.07) is 49.7. The van der Waals surface area contributed by atoms with E-state index in [0.717, 1.165) is 44.1 Å². The van der Waals surface area contributed by atoms with Crippen molar-refractivity contribution in [2.45, 2.75) is 0 Å². The lowest BCUT2D eigenvalue weighted by molar-refractivity contribution is 0.955. The average Bonchev–Trinajstić information content (AvgIpc) is 3.68. The van der Waals surface area contributed by atoms with E-state index in [1.54, 1.807) is 11.3 Å². The summed E-state index contributed by atoms with van der Waals surface area (Å²) in [5, 5.41) is 14.3. The number of aromatic nitrogens is 4. The Hall–Kier alpha value is -6.16. The van der Waals surface area contributed by atoms with Crippen molar-refractivity contribution in [3.63, 3.8) is 0 Å². The molecular weight excluding hydrogens is 583 g/mol. The zero-order chi connectivity index (χ0) is 30.6. The third-order valence-electron chi connectivity index (χ3n) is 8.48. The normalized spacial score (nSPS) is 11.5. The molecule has 0 N–H and O–H groups in total. The van der Waals surface area contributed by atoms with Gasteiger partial charge in [-0.05, 0) is 41.5 Å². The Kier molecular flexibility index (Phi) is 5.98. The maximum Gasteiger partial charge on any atom is 0.238 e. The smallest absolute Gasteiger partial charge is 0.238 e. The average molecular weight is 606 g/mol. The fourth-order valence-corrected chi connectivity index (χ4v) is 7.60. The Labute approximate surface area is 268 Å². The number of benzene rings is 6. The second kappa shape index (κ2) is 10.5. The van der Waals surface area contributed by atoms with Gasteiger partial charge in [-0.15, -0.1) is 11.3 Å². The first-order valence-electron chi connectivity index (χ1n) is 15.0. The second-order valence-corrected chi connectivity index (χ2v) is 12.3. The molecule has 0 saturated carbocycles. The van der Waals surface area contributed by atoms with Gasteiger partial charge in [0.1, 0.15) is 0 Å². The zero-order valence-electron chi connectivity index (χ0n) is 24.4. The number of nitrogens with zero attached hydrogens (tertiary/aromatic N) is 5. The van der Waals surface area contributed by atoms with Crippen LogP contribution in [0.1, 0.15) is 5.56 Å². The molecule has 0 bridgehead atoms. The first-order valence-corrected chi connectivity index (χ1v) is 15.8. The van der Waals surface area contributed by atoms with Crippen molar-refractivity contribution in [3.05, 3.63) is 145 Å². The molecule has 0 atom stereocenters. The van der Waals surface area contributed by atoms with Crippen molar-refractivity contribution < 1.29 is 0 Å². The van der Waals surface area contributed by atoms with Crippen molar-refractivity contribution in [2.24, 2.45) is 0 Å². The first-order chi connectivity index (χ1) is 22.7. The molecule has 0 fully saturated rings. The molecule has 9 rings (SSSR count). The monoisotopic (exact) mass is 605 g/mol. The first kappa shape index (κ1) is 26.3. The van der Waals surface area contributed by atoms with Crippen LogP contribution in [0, 0.1) is 11.3 Å². The Morgan fingerprint density at radius 1 is 0.522 bits per heavy atom. The molecule has 3 heterocycles. The van der Waals surface area contributed by atoms with E-state index in [4.69, 9.17) is 15.0 Å². The minimum absolute atomic E-state index is 0.567. The molecule has 0 aliphatic heterocycles. The van der Waals surface area contributed by atoms with Crippen LogP contribution in [0.15, 0.2) is 140 Å². The van der Waals surface area contributed by atoms with Crippen molar-refractivity contribution in [1.82, 2.24) is 19.5 Å². The molecule has 0 spiro atoms. The third-order valence-corrected chi connectivity index (χ3v) is 9.67. The fraction of sp³-hybridized carbons (Fsp3) is 0. The van der Waals surface area contributed by atoms with E-state index in [1.165, 1.54) is 20.2 Å². The molecule has 0 saturated heterocycles. The number of rotatable bonds is 4. The molecule has 214 valence electrons. The Morgan fingerprint density at radius 2 is 1.17 bits per heavy atom. The van der Waals surface area contributed by atoms with E-state index >= 15 is 0 Å². The van der Waals surface area contributed by atoms with E-state index < -0.39 is 0 Å². The molecule has 6 aromatic carbocycles. The minimum atomic E-state index is 0.567. The minimum Gasteiger partial charge on any atom is -0.276 e.